The van der Waals surface area contributed by atoms with Gasteiger partial charge in [-0.05, 0) is 6.92 Å². The van der Waals surface area contributed by atoms with Crippen molar-refractivity contribution in [1.29, 1.82) is 0 Å². The second-order valence-electron chi connectivity index (χ2n) is 4.62. The van der Waals surface area contributed by atoms with Crippen molar-refractivity contribution in [1.82, 2.24) is 9.58 Å². The van der Waals surface area contributed by atoms with Crippen LogP contribution in [0.5, 0.6) is 5.75 Å². The van der Waals surface area contributed by atoms with Crippen molar-refractivity contribution in [2.24, 2.45) is 0 Å². The molecule has 0 fully saturated rings. The first-order chi connectivity index (χ1) is 9.95. The van der Waals surface area contributed by atoms with Crippen LogP contribution in [-0.2, 0) is 9.53 Å². The second-order valence-corrected chi connectivity index (χ2v) is 4.62. The van der Waals surface area contributed by atoms with Gasteiger partial charge in [0.05, 0.1) is 6.61 Å². The first-order valence-electron chi connectivity index (χ1n) is 6.46. The van der Waals surface area contributed by atoms with Gasteiger partial charge in [0.25, 0.3) is 5.91 Å². The standard InChI is InChI=1S/C13H17N3O5/c1-8-14-16-5-4-10(18)12(21-9(2)17)11(16)13(19)15(8)6-7-20-3/h4-5,8,14H,6-7H2,1-3H3/t8-/m0/s1. The lowest BCUT2D eigenvalue weighted by Crippen LogP contribution is -2.53. The maximum atomic E-state index is 12.6. The fourth-order valence-corrected chi connectivity index (χ4v) is 2.14. The third kappa shape index (κ3) is 2.89. The predicted molar refractivity (Wildman–Crippen MR) is 73.7 cm³/mol. The second kappa shape index (κ2) is 5.96. The number of carbonyl (C=O) groups excluding carboxylic acids is 2. The Kier molecular flexibility index (Phi) is 4.27. The average Bonchev–Trinajstić information content (AvgIpc) is 2.41. The molecule has 1 aliphatic rings. The Bertz CT molecular complexity index is 625. The molecule has 0 aromatic carbocycles. The maximum Gasteiger partial charge on any atom is 0.308 e. The van der Waals surface area contributed by atoms with Gasteiger partial charge in [0.15, 0.2) is 5.69 Å². The summed E-state index contributed by atoms with van der Waals surface area (Å²) < 4.78 is 11.3. The Morgan fingerprint density at radius 3 is 2.76 bits per heavy atom. The first-order valence-corrected chi connectivity index (χ1v) is 6.46. The number of rotatable bonds is 4. The summed E-state index contributed by atoms with van der Waals surface area (Å²) in [6.45, 7) is 3.69. The summed E-state index contributed by atoms with van der Waals surface area (Å²) >= 11 is 0. The molecule has 0 aliphatic carbocycles. The molecule has 2 rings (SSSR count). The normalized spacial score (nSPS) is 17.2. The highest BCUT2D eigenvalue weighted by Gasteiger charge is 2.33. The zero-order chi connectivity index (χ0) is 15.6. The molecule has 1 atom stereocenters. The molecule has 1 aliphatic heterocycles. The molecule has 1 amide bonds. The molecule has 1 aromatic heterocycles. The van der Waals surface area contributed by atoms with Crippen LogP contribution in [0.4, 0.5) is 0 Å². The van der Waals surface area contributed by atoms with Gasteiger partial charge in [-0.2, -0.15) is 0 Å². The van der Waals surface area contributed by atoms with Gasteiger partial charge in [-0.15, -0.1) is 0 Å². The number of amides is 1. The van der Waals surface area contributed by atoms with Crippen molar-refractivity contribution in [3.05, 3.63) is 28.2 Å². The van der Waals surface area contributed by atoms with E-state index in [0.717, 1.165) is 0 Å². The van der Waals surface area contributed by atoms with Crippen molar-refractivity contribution in [2.45, 2.75) is 20.0 Å². The number of aromatic nitrogens is 1. The molecular formula is C13H17N3O5. The van der Waals surface area contributed by atoms with Crippen LogP contribution >= 0.6 is 0 Å². The number of nitrogens with zero attached hydrogens (tertiary/aromatic N) is 2. The third-order valence-corrected chi connectivity index (χ3v) is 3.09. The summed E-state index contributed by atoms with van der Waals surface area (Å²) in [6, 6.07) is 1.24. The number of carbonyl (C=O) groups is 2. The Balaban J connectivity index is 2.47. The van der Waals surface area contributed by atoms with Crippen LogP contribution in [0, 0.1) is 0 Å². The van der Waals surface area contributed by atoms with Crippen LogP contribution in [0.2, 0.25) is 0 Å². The van der Waals surface area contributed by atoms with E-state index in [2.05, 4.69) is 5.43 Å². The van der Waals surface area contributed by atoms with Crippen molar-refractivity contribution < 1.29 is 19.1 Å². The first kappa shape index (κ1) is 15.0. The molecule has 8 nitrogen and oxygen atoms in total. The Morgan fingerprint density at radius 2 is 2.14 bits per heavy atom. The fourth-order valence-electron chi connectivity index (χ4n) is 2.14. The quantitative estimate of drug-likeness (QED) is 0.771. The lowest BCUT2D eigenvalue weighted by molar-refractivity contribution is -0.132. The number of esters is 1. The lowest BCUT2D eigenvalue weighted by Gasteiger charge is -2.37. The summed E-state index contributed by atoms with van der Waals surface area (Å²) in [5.41, 5.74) is 2.51. The Labute approximate surface area is 121 Å². The summed E-state index contributed by atoms with van der Waals surface area (Å²) in [6.07, 6.45) is 1.15. The predicted octanol–water partition coefficient (Wildman–Crippen LogP) is -0.235. The van der Waals surface area contributed by atoms with Gasteiger partial charge in [0.1, 0.15) is 6.17 Å². The van der Waals surface area contributed by atoms with Crippen LogP contribution in [-0.4, -0.2) is 47.9 Å². The monoisotopic (exact) mass is 295 g/mol. The topological polar surface area (TPSA) is 89.9 Å². The highest BCUT2D eigenvalue weighted by Crippen LogP contribution is 2.20. The smallest absolute Gasteiger partial charge is 0.308 e. The molecular weight excluding hydrogens is 278 g/mol. The molecule has 2 heterocycles. The van der Waals surface area contributed by atoms with E-state index in [1.165, 1.54) is 35.9 Å². The summed E-state index contributed by atoms with van der Waals surface area (Å²) in [5, 5.41) is 0. The van der Waals surface area contributed by atoms with Gasteiger partial charge in [-0.25, -0.2) is 0 Å². The molecule has 0 saturated carbocycles. The van der Waals surface area contributed by atoms with E-state index in [-0.39, 0.29) is 17.6 Å². The molecule has 1 aromatic rings. The number of hydrogen-bond donors (Lipinski definition) is 1. The Hall–Kier alpha value is -2.35. The van der Waals surface area contributed by atoms with Crippen LogP contribution in [0.25, 0.3) is 0 Å². The van der Waals surface area contributed by atoms with E-state index < -0.39 is 17.3 Å². The highest BCUT2D eigenvalue weighted by molar-refractivity contribution is 5.97. The minimum atomic E-state index is -0.657. The summed E-state index contributed by atoms with van der Waals surface area (Å²) in [5.74, 6) is -1.32. The highest BCUT2D eigenvalue weighted by atomic mass is 16.5. The van der Waals surface area contributed by atoms with E-state index in [1.54, 1.807) is 6.92 Å². The lowest BCUT2D eigenvalue weighted by atomic mass is 10.2. The summed E-state index contributed by atoms with van der Waals surface area (Å²) in [7, 11) is 1.54. The molecule has 0 saturated heterocycles. The number of methoxy groups -OCH3 is 1. The van der Waals surface area contributed by atoms with E-state index in [0.29, 0.717) is 13.2 Å². The van der Waals surface area contributed by atoms with E-state index >= 15 is 0 Å². The van der Waals surface area contributed by atoms with Crippen molar-refractivity contribution >= 4 is 11.9 Å². The van der Waals surface area contributed by atoms with Crippen LogP contribution in [0.15, 0.2) is 17.1 Å². The van der Waals surface area contributed by atoms with Crippen LogP contribution in [0.1, 0.15) is 24.3 Å². The largest absolute Gasteiger partial charge is 0.420 e. The van der Waals surface area contributed by atoms with Crippen LogP contribution < -0.4 is 15.6 Å². The molecule has 1 N–H and O–H groups in total. The molecule has 0 spiro atoms. The van der Waals surface area contributed by atoms with E-state index in [9.17, 15) is 14.4 Å². The van der Waals surface area contributed by atoms with Crippen molar-refractivity contribution in [2.75, 3.05) is 25.7 Å². The number of pyridine rings is 1. The zero-order valence-corrected chi connectivity index (χ0v) is 12.1. The van der Waals surface area contributed by atoms with Gasteiger partial charge < -0.3 is 19.8 Å². The Morgan fingerprint density at radius 1 is 1.43 bits per heavy atom. The van der Waals surface area contributed by atoms with Crippen molar-refractivity contribution in [3.8, 4) is 5.75 Å². The molecule has 0 unspecified atom stereocenters. The van der Waals surface area contributed by atoms with Gasteiger partial charge >= 0.3 is 5.97 Å². The number of hydrogen-bond acceptors (Lipinski definition) is 6. The zero-order valence-electron chi connectivity index (χ0n) is 12.1. The molecule has 0 bridgehead atoms. The molecule has 21 heavy (non-hydrogen) atoms. The van der Waals surface area contributed by atoms with Gasteiger partial charge in [-0.3, -0.25) is 19.1 Å². The van der Waals surface area contributed by atoms with E-state index in [4.69, 9.17) is 9.47 Å². The van der Waals surface area contributed by atoms with Gasteiger partial charge in [0, 0.05) is 32.8 Å². The minimum Gasteiger partial charge on any atom is -0.420 e. The minimum absolute atomic E-state index is 0.00639. The van der Waals surface area contributed by atoms with Gasteiger partial charge in [-0.1, -0.05) is 0 Å². The SMILES string of the molecule is COCCN1C(=O)c2c(OC(C)=O)c(=O)ccn2N[C@@H]1C. The van der Waals surface area contributed by atoms with Crippen LogP contribution in [0.3, 0.4) is 0 Å². The van der Waals surface area contributed by atoms with E-state index in [1.807, 2.05) is 0 Å². The summed E-state index contributed by atoms with van der Waals surface area (Å²) in [4.78, 5) is 37.1. The third-order valence-electron chi connectivity index (χ3n) is 3.09. The maximum absolute atomic E-state index is 12.6. The molecule has 0 radical (unpaired) electrons. The number of ether oxygens (including phenoxy) is 2. The van der Waals surface area contributed by atoms with Crippen molar-refractivity contribution in [3.63, 3.8) is 0 Å². The number of fused-ring (bicyclic) bond motifs is 1. The average molecular weight is 295 g/mol. The molecule has 8 heteroatoms. The number of nitrogens with one attached hydrogen (secondary N) is 1. The fraction of sp³-hybridized carbons (Fsp3) is 0.462. The molecule has 114 valence electrons. The van der Waals surface area contributed by atoms with Gasteiger partial charge in [0.2, 0.25) is 11.2 Å².